The molecule has 0 spiro atoms. The predicted octanol–water partition coefficient (Wildman–Crippen LogP) is 11.2. The summed E-state index contributed by atoms with van der Waals surface area (Å²) in [4.78, 5) is 0. The molecule has 5 nitrogen and oxygen atoms in total. The maximum Gasteiger partial charge on any atom is 0.137 e. The fraction of sp³-hybridized carbons (Fsp3) is 0. The molecule has 7 aromatic carbocycles. The number of para-hydroxylation sites is 4. The van der Waals surface area contributed by atoms with E-state index in [1.54, 1.807) is 0 Å². The first-order valence-electron chi connectivity index (χ1n) is 16.1. The predicted molar refractivity (Wildman–Crippen MR) is 197 cm³/mol. The van der Waals surface area contributed by atoms with Gasteiger partial charge in [-0.2, -0.15) is 10.5 Å². The molecular weight excluding hydrogens is 601 g/mol. The lowest BCUT2D eigenvalue weighted by Gasteiger charge is -2.15. The Labute approximate surface area is 280 Å². The Morgan fingerprint density at radius 3 is 1.41 bits per heavy atom. The number of hydrogen-bond donors (Lipinski definition) is 0. The van der Waals surface area contributed by atoms with Crippen LogP contribution in [0.1, 0.15) is 11.1 Å². The average Bonchev–Trinajstić information content (AvgIpc) is 3.80. The van der Waals surface area contributed by atoms with Crippen LogP contribution in [0, 0.1) is 22.7 Å². The summed E-state index contributed by atoms with van der Waals surface area (Å²) in [6.45, 7) is 0. The Hall–Kier alpha value is -7.08. The summed E-state index contributed by atoms with van der Waals surface area (Å²) < 4.78 is 10.8. The minimum absolute atomic E-state index is 0.500. The van der Waals surface area contributed by atoms with Crippen molar-refractivity contribution in [2.75, 3.05) is 0 Å². The van der Waals surface area contributed by atoms with E-state index in [4.69, 9.17) is 4.42 Å². The molecule has 0 bridgehead atoms. The van der Waals surface area contributed by atoms with Crippen LogP contribution in [-0.4, -0.2) is 9.13 Å². The van der Waals surface area contributed by atoms with Gasteiger partial charge in [-0.25, -0.2) is 0 Å². The SMILES string of the molecule is N#Cc1ccc(-n2c3ccccc3c3ccccc32)cc1-c1cc(-n2c3ccccc3c3cc4c(cc32)oc2ccccc24)ccc1C#N. The van der Waals surface area contributed by atoms with Gasteiger partial charge in [0.25, 0.3) is 0 Å². The van der Waals surface area contributed by atoms with Crippen LogP contribution in [0.2, 0.25) is 0 Å². The fourth-order valence-electron chi connectivity index (χ4n) is 7.65. The number of nitrogens with zero attached hydrogens (tertiary/aromatic N) is 4. The smallest absolute Gasteiger partial charge is 0.137 e. The Kier molecular flexibility index (Phi) is 5.64. The zero-order valence-electron chi connectivity index (χ0n) is 26.1. The van der Waals surface area contributed by atoms with Crippen LogP contribution in [0.5, 0.6) is 0 Å². The molecule has 0 saturated heterocycles. The lowest BCUT2D eigenvalue weighted by molar-refractivity contribution is 0.669. The van der Waals surface area contributed by atoms with Gasteiger partial charge in [-0.3, -0.25) is 0 Å². The number of rotatable bonds is 3. The summed E-state index contributed by atoms with van der Waals surface area (Å²) >= 11 is 0. The maximum absolute atomic E-state index is 10.4. The van der Waals surface area contributed by atoms with Gasteiger partial charge in [0.1, 0.15) is 11.2 Å². The van der Waals surface area contributed by atoms with Gasteiger partial charge in [0.2, 0.25) is 0 Å². The van der Waals surface area contributed by atoms with E-state index < -0.39 is 0 Å². The van der Waals surface area contributed by atoms with Crippen LogP contribution in [0.15, 0.2) is 150 Å². The lowest BCUT2D eigenvalue weighted by Crippen LogP contribution is -1.99. The van der Waals surface area contributed by atoms with E-state index in [-0.39, 0.29) is 0 Å². The van der Waals surface area contributed by atoms with Crippen molar-refractivity contribution in [3.63, 3.8) is 0 Å². The molecule has 0 amide bonds. The molecule has 0 aliphatic carbocycles. The van der Waals surface area contributed by atoms with Gasteiger partial charge in [-0.05, 0) is 66.7 Å². The van der Waals surface area contributed by atoms with Crippen molar-refractivity contribution in [2.24, 2.45) is 0 Å². The van der Waals surface area contributed by atoms with E-state index in [1.807, 2.05) is 72.8 Å². The molecule has 49 heavy (non-hydrogen) atoms. The average molecular weight is 625 g/mol. The highest BCUT2D eigenvalue weighted by atomic mass is 16.3. The molecule has 10 aromatic rings. The molecule has 5 heteroatoms. The zero-order valence-corrected chi connectivity index (χ0v) is 26.1. The van der Waals surface area contributed by atoms with E-state index in [2.05, 4.69) is 94.1 Å². The lowest BCUT2D eigenvalue weighted by atomic mass is 9.95. The van der Waals surface area contributed by atoms with Crippen LogP contribution in [0.3, 0.4) is 0 Å². The van der Waals surface area contributed by atoms with Gasteiger partial charge < -0.3 is 13.6 Å². The van der Waals surface area contributed by atoms with Crippen molar-refractivity contribution >= 4 is 65.6 Å². The standard InChI is InChI=1S/C44H24N4O/c45-25-27-17-19-29(47-39-13-5-1-9-31(39)32-10-2-6-14-40(32)47)21-35(27)36-22-30(20-18-28(36)26-46)48-41-15-7-3-11-33(41)37-23-38-34-12-4-8-16-43(34)49-44(38)24-42(37)48/h1-24H. The summed E-state index contributed by atoms with van der Waals surface area (Å²) in [5.74, 6) is 0. The molecule has 3 aromatic heterocycles. The number of fused-ring (bicyclic) bond motifs is 9. The third-order valence-electron chi connectivity index (χ3n) is 9.80. The second-order valence-corrected chi connectivity index (χ2v) is 12.4. The van der Waals surface area contributed by atoms with Gasteiger partial charge in [0.05, 0.1) is 45.3 Å². The molecule has 10 rings (SSSR count). The minimum atomic E-state index is 0.500. The molecule has 0 radical (unpaired) electrons. The van der Waals surface area contributed by atoms with Crippen molar-refractivity contribution in [1.29, 1.82) is 10.5 Å². The second-order valence-electron chi connectivity index (χ2n) is 12.4. The summed E-state index contributed by atoms with van der Waals surface area (Å²) in [5, 5.41) is 27.5. The highest BCUT2D eigenvalue weighted by Crippen LogP contribution is 2.40. The molecule has 0 N–H and O–H groups in total. The van der Waals surface area contributed by atoms with Crippen molar-refractivity contribution in [1.82, 2.24) is 9.13 Å². The Morgan fingerprint density at radius 1 is 0.388 bits per heavy atom. The van der Waals surface area contributed by atoms with Crippen LogP contribution >= 0.6 is 0 Å². The third-order valence-corrected chi connectivity index (χ3v) is 9.80. The first-order valence-corrected chi connectivity index (χ1v) is 16.1. The molecule has 0 atom stereocenters. The molecule has 226 valence electrons. The van der Waals surface area contributed by atoms with Crippen LogP contribution in [0.4, 0.5) is 0 Å². The van der Waals surface area contributed by atoms with E-state index in [0.29, 0.717) is 22.3 Å². The zero-order chi connectivity index (χ0) is 32.6. The summed E-state index contributed by atoms with van der Waals surface area (Å²) in [6, 6.07) is 54.2. The number of hydrogen-bond acceptors (Lipinski definition) is 3. The summed E-state index contributed by atoms with van der Waals surface area (Å²) in [6.07, 6.45) is 0. The van der Waals surface area contributed by atoms with Crippen LogP contribution in [-0.2, 0) is 0 Å². The summed E-state index contributed by atoms with van der Waals surface area (Å²) in [7, 11) is 0. The number of aromatic nitrogens is 2. The number of nitriles is 2. The topological polar surface area (TPSA) is 70.6 Å². The van der Waals surface area contributed by atoms with Gasteiger partial charge in [0, 0.05) is 60.9 Å². The molecule has 0 aliphatic heterocycles. The first-order chi connectivity index (χ1) is 24.2. The van der Waals surface area contributed by atoms with Crippen LogP contribution < -0.4 is 0 Å². The highest BCUT2D eigenvalue weighted by Gasteiger charge is 2.20. The highest BCUT2D eigenvalue weighted by molar-refractivity contribution is 6.17. The van der Waals surface area contributed by atoms with Gasteiger partial charge in [-0.1, -0.05) is 72.8 Å². The van der Waals surface area contributed by atoms with E-state index >= 15 is 0 Å². The number of furan rings is 1. The van der Waals surface area contributed by atoms with Crippen molar-refractivity contribution in [3.8, 4) is 34.6 Å². The van der Waals surface area contributed by atoms with Gasteiger partial charge in [0.15, 0.2) is 0 Å². The summed E-state index contributed by atoms with van der Waals surface area (Å²) in [5.41, 5.74) is 10.1. The van der Waals surface area contributed by atoms with Crippen molar-refractivity contribution in [2.45, 2.75) is 0 Å². The van der Waals surface area contributed by atoms with Crippen molar-refractivity contribution < 1.29 is 4.42 Å². The largest absolute Gasteiger partial charge is 0.456 e. The van der Waals surface area contributed by atoms with Crippen LogP contribution in [0.25, 0.3) is 88.1 Å². The molecule has 0 saturated carbocycles. The Balaban J connectivity index is 1.24. The maximum atomic E-state index is 10.4. The Bertz CT molecular complexity index is 3030. The molecule has 0 fully saturated rings. The van der Waals surface area contributed by atoms with Gasteiger partial charge >= 0.3 is 0 Å². The fourth-order valence-corrected chi connectivity index (χ4v) is 7.65. The molecular formula is C44H24N4O. The minimum Gasteiger partial charge on any atom is -0.456 e. The van der Waals surface area contributed by atoms with Crippen molar-refractivity contribution in [3.05, 3.63) is 157 Å². The molecule has 3 heterocycles. The number of benzene rings is 7. The molecule has 0 aliphatic rings. The second kappa shape index (κ2) is 10.2. The van der Waals surface area contributed by atoms with E-state index in [0.717, 1.165) is 76.9 Å². The van der Waals surface area contributed by atoms with E-state index in [1.165, 1.54) is 0 Å². The van der Waals surface area contributed by atoms with Gasteiger partial charge in [-0.15, -0.1) is 0 Å². The first kappa shape index (κ1) is 27.1. The third kappa shape index (κ3) is 3.85. The monoisotopic (exact) mass is 624 g/mol. The normalized spacial score (nSPS) is 11.6. The van der Waals surface area contributed by atoms with E-state index in [9.17, 15) is 10.5 Å². The Morgan fingerprint density at radius 2 is 0.857 bits per heavy atom. The quantitative estimate of drug-likeness (QED) is 0.196. The molecule has 0 unspecified atom stereocenters.